The molecule has 0 amide bonds. The van der Waals surface area contributed by atoms with Crippen LogP contribution in [0.3, 0.4) is 0 Å². The highest BCUT2D eigenvalue weighted by molar-refractivity contribution is 5.88. The zero-order valence-electron chi connectivity index (χ0n) is 12.2. The second kappa shape index (κ2) is 8.64. The SMILES string of the molecule is O=C1O[C@H]([C@@H](O)[C@H](O)[C@H](O)CO)C(=O)O[C@@H]1[C@@H](O)[C@H](O)[C@H](O)CO. The molecule has 0 radical (unpaired) electrons. The molecule has 0 aromatic heterocycles. The van der Waals surface area contributed by atoms with E-state index in [9.17, 15) is 40.2 Å². The second-order valence-corrected chi connectivity index (χ2v) is 5.18. The molecule has 0 aliphatic carbocycles. The Morgan fingerprint density at radius 3 is 1.25 bits per heavy atom. The van der Waals surface area contributed by atoms with E-state index in [4.69, 9.17) is 10.2 Å². The van der Waals surface area contributed by atoms with Gasteiger partial charge < -0.3 is 50.3 Å². The maximum absolute atomic E-state index is 11.8. The lowest BCUT2D eigenvalue weighted by atomic mass is 10.00. The smallest absolute Gasteiger partial charge is 0.351 e. The van der Waals surface area contributed by atoms with Gasteiger partial charge in [-0.15, -0.1) is 0 Å². The molecule has 1 fully saturated rings. The van der Waals surface area contributed by atoms with Crippen molar-refractivity contribution in [1.29, 1.82) is 0 Å². The molecule has 0 unspecified atom stereocenters. The lowest BCUT2D eigenvalue weighted by molar-refractivity contribution is -0.224. The summed E-state index contributed by atoms with van der Waals surface area (Å²) in [5, 5.41) is 74.2. The lowest BCUT2D eigenvalue weighted by Crippen LogP contribution is -2.59. The van der Waals surface area contributed by atoms with Crippen molar-refractivity contribution >= 4 is 11.9 Å². The number of hydrogen-bond donors (Lipinski definition) is 8. The van der Waals surface area contributed by atoms with E-state index < -0.39 is 74.0 Å². The van der Waals surface area contributed by atoms with Gasteiger partial charge in [0.05, 0.1) is 13.2 Å². The Hall–Kier alpha value is -1.38. The molecule has 12 heteroatoms. The highest BCUT2D eigenvalue weighted by Crippen LogP contribution is 2.21. The molecule has 12 nitrogen and oxygen atoms in total. The van der Waals surface area contributed by atoms with E-state index in [2.05, 4.69) is 9.47 Å². The molecule has 1 heterocycles. The summed E-state index contributed by atoms with van der Waals surface area (Å²) in [5.41, 5.74) is 0. The van der Waals surface area contributed by atoms with Crippen molar-refractivity contribution in [2.45, 2.75) is 48.8 Å². The third kappa shape index (κ3) is 4.37. The molecule has 0 aromatic carbocycles. The Kier molecular flexibility index (Phi) is 7.44. The zero-order chi connectivity index (χ0) is 18.6. The number of carbonyl (C=O) groups excluding carboxylic acids is 2. The van der Waals surface area contributed by atoms with Crippen molar-refractivity contribution in [2.24, 2.45) is 0 Å². The number of carbonyl (C=O) groups is 2. The topological polar surface area (TPSA) is 214 Å². The van der Waals surface area contributed by atoms with E-state index in [-0.39, 0.29) is 0 Å². The molecule has 0 bridgehead atoms. The summed E-state index contributed by atoms with van der Waals surface area (Å²) in [6, 6.07) is 0. The summed E-state index contributed by atoms with van der Waals surface area (Å²) in [5.74, 6) is -2.80. The van der Waals surface area contributed by atoms with E-state index in [1.165, 1.54) is 0 Å². The summed E-state index contributed by atoms with van der Waals surface area (Å²) in [6.07, 6.45) is -16.1. The van der Waals surface area contributed by atoms with Crippen LogP contribution < -0.4 is 0 Å². The minimum atomic E-state index is -2.13. The molecule has 8 N–H and O–H groups in total. The van der Waals surface area contributed by atoms with E-state index in [0.29, 0.717) is 0 Å². The Balaban J connectivity index is 2.80. The average molecular weight is 356 g/mol. The lowest BCUT2D eigenvalue weighted by Gasteiger charge is -2.35. The molecule has 0 spiro atoms. The van der Waals surface area contributed by atoms with Crippen LogP contribution in [0, 0.1) is 0 Å². The summed E-state index contributed by atoms with van der Waals surface area (Å²) in [4.78, 5) is 23.5. The molecule has 0 saturated carbocycles. The minimum Gasteiger partial charge on any atom is -0.445 e. The second-order valence-electron chi connectivity index (χ2n) is 5.18. The quantitative estimate of drug-likeness (QED) is 0.191. The van der Waals surface area contributed by atoms with Crippen LogP contribution in [0.15, 0.2) is 0 Å². The first-order chi connectivity index (χ1) is 11.1. The van der Waals surface area contributed by atoms with Crippen molar-refractivity contribution < 1.29 is 59.9 Å². The number of rotatable bonds is 8. The highest BCUT2D eigenvalue weighted by atomic mass is 16.7. The highest BCUT2D eigenvalue weighted by Gasteiger charge is 2.49. The normalized spacial score (nSPS) is 29.0. The van der Waals surface area contributed by atoms with Crippen molar-refractivity contribution in [3.8, 4) is 0 Å². The van der Waals surface area contributed by atoms with Gasteiger partial charge in [0.15, 0.2) is 0 Å². The summed E-state index contributed by atoms with van der Waals surface area (Å²) < 4.78 is 9.08. The van der Waals surface area contributed by atoms with Crippen LogP contribution in [0.25, 0.3) is 0 Å². The molecule has 0 aromatic rings. The van der Waals surface area contributed by atoms with Crippen LogP contribution in [0.1, 0.15) is 0 Å². The van der Waals surface area contributed by atoms with Crippen LogP contribution in [0.5, 0.6) is 0 Å². The van der Waals surface area contributed by atoms with Crippen molar-refractivity contribution in [2.75, 3.05) is 13.2 Å². The molecular weight excluding hydrogens is 336 g/mol. The fourth-order valence-electron chi connectivity index (χ4n) is 1.93. The molecule has 1 aliphatic rings. The molecule has 1 saturated heterocycles. The number of aliphatic hydroxyl groups is 8. The maximum Gasteiger partial charge on any atom is 0.351 e. The predicted molar refractivity (Wildman–Crippen MR) is 70.0 cm³/mol. The van der Waals surface area contributed by atoms with Gasteiger partial charge >= 0.3 is 11.9 Å². The van der Waals surface area contributed by atoms with Gasteiger partial charge in [0.2, 0.25) is 12.2 Å². The van der Waals surface area contributed by atoms with E-state index in [0.717, 1.165) is 0 Å². The van der Waals surface area contributed by atoms with Crippen molar-refractivity contribution in [1.82, 2.24) is 0 Å². The molecule has 24 heavy (non-hydrogen) atoms. The van der Waals surface area contributed by atoms with Crippen LogP contribution in [-0.4, -0.2) is 115 Å². The largest absolute Gasteiger partial charge is 0.445 e. The number of hydrogen-bond acceptors (Lipinski definition) is 12. The molecule has 8 atom stereocenters. The van der Waals surface area contributed by atoms with E-state index in [1.807, 2.05) is 0 Å². The predicted octanol–water partition coefficient (Wildman–Crippen LogP) is -6.03. The van der Waals surface area contributed by atoms with Gasteiger partial charge in [-0.1, -0.05) is 0 Å². The number of esters is 2. The van der Waals surface area contributed by atoms with E-state index in [1.54, 1.807) is 0 Å². The number of cyclic esters (lactones) is 2. The Morgan fingerprint density at radius 1 is 0.708 bits per heavy atom. The number of ether oxygens (including phenoxy) is 2. The maximum atomic E-state index is 11.8. The van der Waals surface area contributed by atoms with Gasteiger partial charge in [0.25, 0.3) is 0 Å². The summed E-state index contributed by atoms with van der Waals surface area (Å²) >= 11 is 0. The summed E-state index contributed by atoms with van der Waals surface area (Å²) in [7, 11) is 0. The van der Waals surface area contributed by atoms with Gasteiger partial charge in [-0.3, -0.25) is 0 Å². The molecular formula is C12H20O12. The molecule has 1 aliphatic heterocycles. The monoisotopic (exact) mass is 356 g/mol. The third-order valence-electron chi connectivity index (χ3n) is 3.43. The fraction of sp³-hybridized carbons (Fsp3) is 0.833. The zero-order valence-corrected chi connectivity index (χ0v) is 12.2. The summed E-state index contributed by atoms with van der Waals surface area (Å²) in [6.45, 7) is -1.89. The first kappa shape index (κ1) is 20.7. The van der Waals surface area contributed by atoms with Gasteiger partial charge in [-0.2, -0.15) is 0 Å². The van der Waals surface area contributed by atoms with Crippen molar-refractivity contribution in [3.63, 3.8) is 0 Å². The first-order valence-corrected chi connectivity index (χ1v) is 6.86. The third-order valence-corrected chi connectivity index (χ3v) is 3.43. The standard InChI is InChI=1S/C12H20O12/c13-1-3(15)5(17)7(19)9-11(21)24-10(12(22)23-9)8(20)6(18)4(16)2-14/h3-10,13-20H,1-2H2/t3-,4-,5-,6-,7+,8+,9-,10-/m1/s1. The van der Waals surface area contributed by atoms with Gasteiger partial charge in [0.1, 0.15) is 36.6 Å². The van der Waals surface area contributed by atoms with Gasteiger partial charge in [-0.05, 0) is 0 Å². The molecule has 140 valence electrons. The Morgan fingerprint density at radius 2 is 1.00 bits per heavy atom. The van der Waals surface area contributed by atoms with Crippen LogP contribution in [0.4, 0.5) is 0 Å². The molecule has 1 rings (SSSR count). The Bertz CT molecular complexity index is 402. The van der Waals surface area contributed by atoms with Crippen LogP contribution in [0.2, 0.25) is 0 Å². The fourth-order valence-corrected chi connectivity index (χ4v) is 1.93. The van der Waals surface area contributed by atoms with Crippen LogP contribution in [-0.2, 0) is 19.1 Å². The van der Waals surface area contributed by atoms with Gasteiger partial charge in [-0.25, -0.2) is 9.59 Å². The van der Waals surface area contributed by atoms with Crippen molar-refractivity contribution in [3.05, 3.63) is 0 Å². The van der Waals surface area contributed by atoms with Gasteiger partial charge in [0, 0.05) is 0 Å². The van der Waals surface area contributed by atoms with Crippen LogP contribution >= 0.6 is 0 Å². The van der Waals surface area contributed by atoms with E-state index >= 15 is 0 Å². The Labute approximate surface area is 135 Å². The average Bonchev–Trinajstić information content (AvgIpc) is 2.59. The minimum absolute atomic E-state index is 0.944. The number of aliphatic hydroxyl groups excluding tert-OH is 8. The first-order valence-electron chi connectivity index (χ1n) is 6.86.